The van der Waals surface area contributed by atoms with Gasteiger partial charge in [0.15, 0.2) is 0 Å². The second kappa shape index (κ2) is 11.8. The lowest BCUT2D eigenvalue weighted by atomic mass is 10.1. The molecule has 1 fully saturated rings. The summed E-state index contributed by atoms with van der Waals surface area (Å²) in [5.74, 6) is -0.501. The molecule has 8 nitrogen and oxygen atoms in total. The molecule has 2 amide bonds. The van der Waals surface area contributed by atoms with Crippen LogP contribution in [0.1, 0.15) is 30.4 Å². The van der Waals surface area contributed by atoms with Crippen molar-refractivity contribution in [3.8, 4) is 0 Å². The van der Waals surface area contributed by atoms with Crippen molar-refractivity contribution in [2.75, 3.05) is 44.3 Å². The molecule has 1 aromatic carbocycles. The Morgan fingerprint density at radius 1 is 1.15 bits per heavy atom. The quantitative estimate of drug-likeness (QED) is 0.294. The molecule has 8 heteroatoms. The van der Waals surface area contributed by atoms with Gasteiger partial charge in [0.2, 0.25) is 5.91 Å². The third-order valence-electron chi connectivity index (χ3n) is 6.30. The predicted octanol–water partition coefficient (Wildman–Crippen LogP) is 1.19. The number of ether oxygens (including phenoxy) is 1. The van der Waals surface area contributed by atoms with Gasteiger partial charge in [0.25, 0.3) is 5.91 Å². The smallest absolute Gasteiger partial charge is 0.267 e. The number of fused-ring (bicyclic) bond motifs is 1. The maximum absolute atomic E-state index is 13.4. The summed E-state index contributed by atoms with van der Waals surface area (Å²) in [6, 6.07) is 7.51. The van der Waals surface area contributed by atoms with E-state index in [4.69, 9.17) is 9.94 Å². The van der Waals surface area contributed by atoms with Crippen molar-refractivity contribution in [2.24, 2.45) is 0 Å². The number of aromatic amines is 1. The lowest BCUT2D eigenvalue weighted by molar-refractivity contribution is -0.124. The van der Waals surface area contributed by atoms with Gasteiger partial charge in [-0.05, 0) is 53.8 Å². The molecule has 0 radical (unpaired) electrons. The number of benzene rings is 1. The number of amides is 2. The van der Waals surface area contributed by atoms with E-state index in [1.165, 1.54) is 16.9 Å². The predicted molar refractivity (Wildman–Crippen MR) is 132 cm³/mol. The molecular formula is C26H32N4O4. The Morgan fingerprint density at radius 3 is 2.68 bits per heavy atom. The minimum atomic E-state index is -0.590. The molecule has 1 aliphatic heterocycles. The van der Waals surface area contributed by atoms with Gasteiger partial charge in [-0.25, -0.2) is 5.48 Å². The van der Waals surface area contributed by atoms with Crippen molar-refractivity contribution in [2.45, 2.75) is 25.7 Å². The van der Waals surface area contributed by atoms with Gasteiger partial charge in [-0.3, -0.25) is 19.7 Å². The Bertz CT molecular complexity index is 1130. The SMILES string of the molecule is O=C(/C=C/c1ccc(N(CCN2CCOCC2)C(=O)CCc2c[nH]c3c2=CCCC=3)cc1)NO. The van der Waals surface area contributed by atoms with Crippen LogP contribution in [0.3, 0.4) is 0 Å². The van der Waals surface area contributed by atoms with Crippen molar-refractivity contribution in [1.29, 1.82) is 0 Å². The van der Waals surface area contributed by atoms with Gasteiger partial charge in [0.05, 0.1) is 13.2 Å². The maximum Gasteiger partial charge on any atom is 0.267 e. The zero-order valence-electron chi connectivity index (χ0n) is 19.3. The molecule has 2 heterocycles. The molecule has 34 heavy (non-hydrogen) atoms. The second-order valence-corrected chi connectivity index (χ2v) is 8.53. The molecule has 2 aromatic rings. The highest BCUT2D eigenvalue weighted by molar-refractivity contribution is 5.94. The number of hydroxylamine groups is 1. The van der Waals surface area contributed by atoms with E-state index in [-0.39, 0.29) is 5.91 Å². The summed E-state index contributed by atoms with van der Waals surface area (Å²) in [5, 5.41) is 11.0. The van der Waals surface area contributed by atoms with Crippen LogP contribution in [0.15, 0.2) is 36.5 Å². The standard InChI is InChI=1S/C26H32N4O4/c31-25(28-33)11-7-20-5-9-22(10-6-20)30(14-13-29-15-17-34-18-16-29)26(32)12-8-21-19-27-24-4-2-1-3-23(21)24/h3-7,9-11,19,27,33H,1-2,8,12-18H2,(H,28,31)/b11-7+. The highest BCUT2D eigenvalue weighted by Gasteiger charge is 2.19. The van der Waals surface area contributed by atoms with Gasteiger partial charge in [-0.2, -0.15) is 0 Å². The number of morpholine rings is 1. The summed E-state index contributed by atoms with van der Waals surface area (Å²) in [4.78, 5) is 32.1. The first kappa shape index (κ1) is 23.9. The van der Waals surface area contributed by atoms with E-state index >= 15 is 0 Å². The van der Waals surface area contributed by atoms with Crippen LogP contribution in [0.4, 0.5) is 5.69 Å². The number of carbonyl (C=O) groups is 2. The van der Waals surface area contributed by atoms with E-state index < -0.39 is 5.91 Å². The van der Waals surface area contributed by atoms with Crippen LogP contribution < -0.4 is 20.9 Å². The number of aryl methyl sites for hydroxylation is 1. The van der Waals surface area contributed by atoms with E-state index in [1.807, 2.05) is 35.4 Å². The van der Waals surface area contributed by atoms with Crippen LogP contribution in [0.2, 0.25) is 0 Å². The fourth-order valence-corrected chi connectivity index (χ4v) is 4.38. The third-order valence-corrected chi connectivity index (χ3v) is 6.30. The Morgan fingerprint density at radius 2 is 1.91 bits per heavy atom. The van der Waals surface area contributed by atoms with Gasteiger partial charge in [-0.1, -0.05) is 24.3 Å². The zero-order chi connectivity index (χ0) is 23.8. The van der Waals surface area contributed by atoms with Crippen LogP contribution in [0, 0.1) is 0 Å². The van der Waals surface area contributed by atoms with Crippen molar-refractivity contribution in [1.82, 2.24) is 15.4 Å². The van der Waals surface area contributed by atoms with Crippen molar-refractivity contribution < 1.29 is 19.5 Å². The molecule has 0 spiro atoms. The van der Waals surface area contributed by atoms with Gasteiger partial charge < -0.3 is 14.6 Å². The largest absolute Gasteiger partial charge is 0.379 e. The molecule has 0 atom stereocenters. The number of nitrogens with one attached hydrogen (secondary N) is 2. The maximum atomic E-state index is 13.4. The summed E-state index contributed by atoms with van der Waals surface area (Å²) in [5.41, 5.74) is 4.40. The molecule has 1 aliphatic carbocycles. The Hall–Kier alpha value is -3.20. The third kappa shape index (κ3) is 6.22. The van der Waals surface area contributed by atoms with E-state index in [2.05, 4.69) is 22.0 Å². The highest BCUT2D eigenvalue weighted by atomic mass is 16.5. The first-order chi connectivity index (χ1) is 16.6. The number of anilines is 1. The highest BCUT2D eigenvalue weighted by Crippen LogP contribution is 2.18. The molecule has 180 valence electrons. The van der Waals surface area contributed by atoms with Crippen LogP contribution in [-0.2, 0) is 20.7 Å². The molecule has 0 bridgehead atoms. The summed E-state index contributed by atoms with van der Waals surface area (Å²) in [6.45, 7) is 4.59. The average Bonchev–Trinajstić information content (AvgIpc) is 3.30. The number of nitrogens with zero attached hydrogens (tertiary/aromatic N) is 2. The minimum Gasteiger partial charge on any atom is -0.379 e. The zero-order valence-corrected chi connectivity index (χ0v) is 19.3. The van der Waals surface area contributed by atoms with Crippen molar-refractivity contribution >= 4 is 35.7 Å². The average molecular weight is 465 g/mol. The number of rotatable bonds is 9. The van der Waals surface area contributed by atoms with Gasteiger partial charge in [0, 0.05) is 55.9 Å². The summed E-state index contributed by atoms with van der Waals surface area (Å²) in [6.07, 6.45) is 12.6. The number of carbonyl (C=O) groups excluding carboxylic acids is 2. The van der Waals surface area contributed by atoms with E-state index in [0.717, 1.165) is 62.3 Å². The Balaban J connectivity index is 1.46. The first-order valence-electron chi connectivity index (χ1n) is 11.8. The lowest BCUT2D eigenvalue weighted by Gasteiger charge is -2.30. The van der Waals surface area contributed by atoms with E-state index in [9.17, 15) is 9.59 Å². The van der Waals surface area contributed by atoms with Gasteiger partial charge in [-0.15, -0.1) is 0 Å². The number of H-pyrrole nitrogens is 1. The Kier molecular flexibility index (Phi) is 8.30. The molecule has 1 aromatic heterocycles. The minimum absolute atomic E-state index is 0.0888. The summed E-state index contributed by atoms with van der Waals surface area (Å²) >= 11 is 0. The number of aromatic nitrogens is 1. The number of hydrogen-bond donors (Lipinski definition) is 3. The second-order valence-electron chi connectivity index (χ2n) is 8.53. The molecule has 3 N–H and O–H groups in total. The van der Waals surface area contributed by atoms with Gasteiger partial charge >= 0.3 is 0 Å². The first-order valence-corrected chi connectivity index (χ1v) is 11.8. The topological polar surface area (TPSA) is 97.9 Å². The fraction of sp³-hybridized carbons (Fsp3) is 0.385. The van der Waals surface area contributed by atoms with Crippen LogP contribution in [0.25, 0.3) is 18.2 Å². The summed E-state index contributed by atoms with van der Waals surface area (Å²) < 4.78 is 5.44. The molecule has 2 aliphatic rings. The van der Waals surface area contributed by atoms with Crippen LogP contribution in [0.5, 0.6) is 0 Å². The molecule has 0 unspecified atom stereocenters. The fourth-order valence-electron chi connectivity index (χ4n) is 4.38. The van der Waals surface area contributed by atoms with E-state index in [0.29, 0.717) is 19.4 Å². The molecule has 1 saturated heterocycles. The molecule has 0 saturated carbocycles. The normalized spacial score (nSPS) is 15.9. The van der Waals surface area contributed by atoms with Crippen molar-refractivity contribution in [3.05, 3.63) is 58.2 Å². The van der Waals surface area contributed by atoms with Crippen LogP contribution in [-0.4, -0.2) is 66.3 Å². The lowest BCUT2D eigenvalue weighted by Crippen LogP contribution is -2.43. The number of hydrogen-bond acceptors (Lipinski definition) is 5. The molecule has 4 rings (SSSR count). The summed E-state index contributed by atoms with van der Waals surface area (Å²) in [7, 11) is 0. The monoisotopic (exact) mass is 464 g/mol. The molecular weight excluding hydrogens is 432 g/mol. The Labute approximate surface area is 199 Å². The van der Waals surface area contributed by atoms with Crippen molar-refractivity contribution in [3.63, 3.8) is 0 Å². The van der Waals surface area contributed by atoms with Gasteiger partial charge in [0.1, 0.15) is 0 Å². The van der Waals surface area contributed by atoms with E-state index in [1.54, 1.807) is 11.6 Å². The van der Waals surface area contributed by atoms with Crippen LogP contribution >= 0.6 is 0 Å².